The number of urea groups is 1. The van der Waals surface area contributed by atoms with Crippen LogP contribution in [0.15, 0.2) is 18.2 Å². The zero-order valence-electron chi connectivity index (χ0n) is 18.7. The Labute approximate surface area is 178 Å². The number of aryl methyl sites for hydroxylation is 2. The van der Waals surface area contributed by atoms with Gasteiger partial charge < -0.3 is 24.6 Å². The molecular formula is C22H31N5O3. The predicted molar refractivity (Wildman–Crippen MR) is 118 cm³/mol. The summed E-state index contributed by atoms with van der Waals surface area (Å²) < 4.78 is 10.6. The van der Waals surface area contributed by atoms with E-state index in [1.807, 2.05) is 18.7 Å². The molecule has 1 aliphatic heterocycles. The van der Waals surface area contributed by atoms with Gasteiger partial charge in [0.05, 0.1) is 19.9 Å². The number of anilines is 2. The summed E-state index contributed by atoms with van der Waals surface area (Å²) in [4.78, 5) is 26.1. The predicted octanol–water partition coefficient (Wildman–Crippen LogP) is 3.59. The Morgan fingerprint density at radius 2 is 1.77 bits per heavy atom. The Morgan fingerprint density at radius 1 is 1.07 bits per heavy atom. The minimum Gasteiger partial charge on any atom is -0.497 e. The highest BCUT2D eigenvalue weighted by atomic mass is 16.5. The fraction of sp³-hybridized carbons (Fsp3) is 0.500. The molecule has 8 heteroatoms. The van der Waals surface area contributed by atoms with Crippen LogP contribution < -0.4 is 19.7 Å². The molecular weight excluding hydrogens is 382 g/mol. The average molecular weight is 414 g/mol. The highest BCUT2D eigenvalue weighted by molar-refractivity contribution is 5.91. The van der Waals surface area contributed by atoms with Gasteiger partial charge in [0.1, 0.15) is 23.1 Å². The van der Waals surface area contributed by atoms with Gasteiger partial charge >= 0.3 is 6.03 Å². The monoisotopic (exact) mass is 413 g/mol. The van der Waals surface area contributed by atoms with Crippen molar-refractivity contribution in [3.63, 3.8) is 0 Å². The van der Waals surface area contributed by atoms with Crippen LogP contribution in [0.5, 0.6) is 11.5 Å². The molecule has 0 aliphatic carbocycles. The fourth-order valence-electron chi connectivity index (χ4n) is 3.84. The highest BCUT2D eigenvalue weighted by Gasteiger charge is 2.26. The molecule has 1 fully saturated rings. The van der Waals surface area contributed by atoms with E-state index in [9.17, 15) is 4.79 Å². The SMILES string of the molecule is COc1ccc(NC(=O)N2CCN(c3nc(C)nc(C)c3C(C)C)CC2)c(OC)c1. The van der Waals surface area contributed by atoms with Crippen LogP contribution in [0.4, 0.5) is 16.3 Å². The van der Waals surface area contributed by atoms with E-state index in [4.69, 9.17) is 14.5 Å². The average Bonchev–Trinajstić information content (AvgIpc) is 2.73. The van der Waals surface area contributed by atoms with Crippen LogP contribution in [0.1, 0.15) is 36.8 Å². The van der Waals surface area contributed by atoms with E-state index in [1.54, 1.807) is 32.4 Å². The first-order valence-corrected chi connectivity index (χ1v) is 10.2. The van der Waals surface area contributed by atoms with Crippen molar-refractivity contribution in [2.75, 3.05) is 50.6 Å². The lowest BCUT2D eigenvalue weighted by Crippen LogP contribution is -2.50. The third-order valence-corrected chi connectivity index (χ3v) is 5.32. The van der Waals surface area contributed by atoms with Gasteiger partial charge in [0, 0.05) is 43.5 Å². The zero-order valence-corrected chi connectivity index (χ0v) is 18.7. The largest absolute Gasteiger partial charge is 0.497 e. The van der Waals surface area contributed by atoms with Crippen molar-refractivity contribution in [1.29, 1.82) is 0 Å². The molecule has 0 radical (unpaired) electrons. The summed E-state index contributed by atoms with van der Waals surface area (Å²) in [6, 6.07) is 5.19. The third-order valence-electron chi connectivity index (χ3n) is 5.32. The quantitative estimate of drug-likeness (QED) is 0.807. The summed E-state index contributed by atoms with van der Waals surface area (Å²) in [5, 5.41) is 2.95. The first kappa shape index (κ1) is 21.7. The maximum absolute atomic E-state index is 12.8. The Bertz CT molecular complexity index is 908. The van der Waals surface area contributed by atoms with E-state index >= 15 is 0 Å². The van der Waals surface area contributed by atoms with Crippen LogP contribution in [-0.2, 0) is 0 Å². The molecule has 0 spiro atoms. The molecule has 1 aromatic carbocycles. The Hall–Kier alpha value is -3.03. The lowest BCUT2D eigenvalue weighted by Gasteiger charge is -2.37. The van der Waals surface area contributed by atoms with E-state index < -0.39 is 0 Å². The van der Waals surface area contributed by atoms with Gasteiger partial charge in [-0.2, -0.15) is 0 Å². The second-order valence-electron chi connectivity index (χ2n) is 7.72. The Kier molecular flexibility index (Phi) is 6.64. The number of amides is 2. The molecule has 1 aromatic heterocycles. The minimum absolute atomic E-state index is 0.141. The molecule has 0 unspecified atom stereocenters. The second-order valence-corrected chi connectivity index (χ2v) is 7.72. The van der Waals surface area contributed by atoms with Crippen LogP contribution in [-0.4, -0.2) is 61.3 Å². The van der Waals surface area contributed by atoms with Gasteiger partial charge in [-0.1, -0.05) is 13.8 Å². The fourth-order valence-corrected chi connectivity index (χ4v) is 3.84. The van der Waals surface area contributed by atoms with Gasteiger partial charge in [-0.25, -0.2) is 14.8 Å². The molecule has 2 heterocycles. The Morgan fingerprint density at radius 3 is 2.37 bits per heavy atom. The van der Waals surface area contributed by atoms with Gasteiger partial charge in [0.2, 0.25) is 0 Å². The summed E-state index contributed by atoms with van der Waals surface area (Å²) in [6.45, 7) is 11.0. The smallest absolute Gasteiger partial charge is 0.322 e. The first-order chi connectivity index (χ1) is 14.3. The van der Waals surface area contributed by atoms with Gasteiger partial charge in [-0.05, 0) is 31.9 Å². The van der Waals surface area contributed by atoms with Crippen molar-refractivity contribution in [2.24, 2.45) is 0 Å². The lowest BCUT2D eigenvalue weighted by molar-refractivity contribution is 0.208. The lowest BCUT2D eigenvalue weighted by atomic mass is 10.0. The minimum atomic E-state index is -0.141. The number of benzene rings is 1. The maximum atomic E-state index is 12.8. The van der Waals surface area contributed by atoms with Gasteiger partial charge in [0.15, 0.2) is 0 Å². The zero-order chi connectivity index (χ0) is 21.8. The molecule has 2 amide bonds. The topological polar surface area (TPSA) is 79.8 Å². The molecule has 1 aliphatic rings. The van der Waals surface area contributed by atoms with Gasteiger partial charge in [0.25, 0.3) is 0 Å². The van der Waals surface area contributed by atoms with Crippen LogP contribution in [0, 0.1) is 13.8 Å². The summed E-state index contributed by atoms with van der Waals surface area (Å²) in [7, 11) is 3.17. The van der Waals surface area contributed by atoms with Crippen molar-refractivity contribution in [3.05, 3.63) is 35.3 Å². The van der Waals surface area contributed by atoms with Crippen molar-refractivity contribution in [2.45, 2.75) is 33.6 Å². The molecule has 8 nitrogen and oxygen atoms in total. The molecule has 30 heavy (non-hydrogen) atoms. The van der Waals surface area contributed by atoms with Crippen molar-refractivity contribution >= 4 is 17.5 Å². The molecule has 1 saturated heterocycles. The number of nitrogens with one attached hydrogen (secondary N) is 1. The molecule has 3 rings (SSSR count). The van der Waals surface area contributed by atoms with E-state index in [0.717, 1.165) is 30.4 Å². The Balaban J connectivity index is 1.69. The van der Waals surface area contributed by atoms with E-state index in [1.165, 1.54) is 5.56 Å². The summed E-state index contributed by atoms with van der Waals surface area (Å²) >= 11 is 0. The number of ether oxygens (including phenoxy) is 2. The van der Waals surface area contributed by atoms with E-state index in [0.29, 0.717) is 36.2 Å². The normalized spacial score (nSPS) is 14.1. The standard InChI is InChI=1S/C22H31N5O3/c1-14(2)20-15(3)23-16(4)24-21(20)26-9-11-27(12-10-26)22(28)25-18-8-7-17(29-5)13-19(18)30-6/h7-8,13-14H,9-12H2,1-6H3,(H,25,28). The summed E-state index contributed by atoms with van der Waals surface area (Å²) in [5.41, 5.74) is 2.83. The molecule has 0 atom stereocenters. The molecule has 1 N–H and O–H groups in total. The molecule has 2 aromatic rings. The second kappa shape index (κ2) is 9.19. The number of carbonyl (C=O) groups is 1. The summed E-state index contributed by atoms with van der Waals surface area (Å²) in [6.07, 6.45) is 0. The number of nitrogens with zero attached hydrogens (tertiary/aromatic N) is 4. The van der Waals surface area contributed by atoms with E-state index in [2.05, 4.69) is 29.0 Å². The number of methoxy groups -OCH3 is 2. The van der Waals surface area contributed by atoms with Crippen LogP contribution in [0.25, 0.3) is 0 Å². The van der Waals surface area contributed by atoms with Crippen molar-refractivity contribution in [1.82, 2.24) is 14.9 Å². The number of hydrogen-bond acceptors (Lipinski definition) is 6. The number of rotatable bonds is 5. The van der Waals surface area contributed by atoms with Gasteiger partial charge in [-0.15, -0.1) is 0 Å². The van der Waals surface area contributed by atoms with Crippen LogP contribution in [0.3, 0.4) is 0 Å². The first-order valence-electron chi connectivity index (χ1n) is 10.2. The van der Waals surface area contributed by atoms with Gasteiger partial charge in [-0.3, -0.25) is 0 Å². The number of carbonyl (C=O) groups excluding carboxylic acids is 1. The number of piperazine rings is 1. The number of hydrogen-bond donors (Lipinski definition) is 1. The molecule has 0 saturated carbocycles. The molecule has 0 bridgehead atoms. The van der Waals surface area contributed by atoms with Crippen molar-refractivity contribution in [3.8, 4) is 11.5 Å². The molecule has 162 valence electrons. The van der Waals surface area contributed by atoms with Crippen molar-refractivity contribution < 1.29 is 14.3 Å². The highest BCUT2D eigenvalue weighted by Crippen LogP contribution is 2.30. The maximum Gasteiger partial charge on any atom is 0.322 e. The third kappa shape index (κ3) is 4.58. The summed E-state index contributed by atoms with van der Waals surface area (Å²) in [5.74, 6) is 3.35. The van der Waals surface area contributed by atoms with E-state index in [-0.39, 0.29) is 6.03 Å². The van der Waals surface area contributed by atoms with Crippen LogP contribution in [0.2, 0.25) is 0 Å². The number of aromatic nitrogens is 2. The van der Waals surface area contributed by atoms with Crippen LogP contribution >= 0.6 is 0 Å².